The Morgan fingerprint density at radius 3 is 2.55 bits per heavy atom. The lowest BCUT2D eigenvalue weighted by atomic mass is 10.00. The number of rotatable bonds is 4. The second-order valence-corrected chi connectivity index (χ2v) is 7.88. The third-order valence-corrected chi connectivity index (χ3v) is 5.54. The van der Waals surface area contributed by atoms with Crippen LogP contribution in [0.3, 0.4) is 0 Å². The fourth-order valence-corrected chi connectivity index (χ4v) is 3.80. The molecule has 0 bridgehead atoms. The third kappa shape index (κ3) is 4.03. The summed E-state index contributed by atoms with van der Waals surface area (Å²) in [5.74, 6) is -0.267. The first kappa shape index (κ1) is 19.2. The number of hydrazine groups is 1. The minimum absolute atomic E-state index is 0.00224. The fraction of sp³-hybridized carbons (Fsp3) is 0.304. The van der Waals surface area contributed by atoms with Crippen molar-refractivity contribution < 1.29 is 9.59 Å². The van der Waals surface area contributed by atoms with Crippen LogP contribution in [0.4, 0.5) is 5.69 Å². The molecule has 6 nitrogen and oxygen atoms in total. The molecule has 150 valence electrons. The molecule has 2 aromatic carbocycles. The third-order valence-electron chi connectivity index (χ3n) is 5.54. The Kier molecular flexibility index (Phi) is 5.11. The van der Waals surface area contributed by atoms with Gasteiger partial charge in [-0.2, -0.15) is 0 Å². The molecule has 2 heterocycles. The van der Waals surface area contributed by atoms with Crippen molar-refractivity contribution in [3.05, 3.63) is 77.1 Å². The Balaban J connectivity index is 1.41. The molecule has 0 spiro atoms. The monoisotopic (exact) mass is 390 g/mol. The largest absolute Gasteiger partial charge is 0.324 e. The standard InChI is InChI=1S/C23H26N4O2/c1-15-5-8-18(9-6-15)20-13-21-23(29)26(10-11-27(21)25-20)14-22(28)24-19-12-16(2)4-7-17(19)3/h4-12,20-21,25H,13-14H2,1-3H3,(H,24,28). The molecule has 2 atom stereocenters. The highest BCUT2D eigenvalue weighted by Gasteiger charge is 2.40. The van der Waals surface area contributed by atoms with E-state index in [9.17, 15) is 9.59 Å². The lowest BCUT2D eigenvalue weighted by molar-refractivity contribution is -0.137. The zero-order valence-electron chi connectivity index (χ0n) is 17.0. The predicted molar refractivity (Wildman–Crippen MR) is 113 cm³/mol. The number of benzene rings is 2. The van der Waals surface area contributed by atoms with E-state index in [0.717, 1.165) is 22.4 Å². The maximum Gasteiger partial charge on any atom is 0.251 e. The van der Waals surface area contributed by atoms with Crippen LogP contribution in [-0.4, -0.2) is 34.3 Å². The average molecular weight is 390 g/mol. The molecule has 1 fully saturated rings. The molecule has 1 saturated heterocycles. The quantitative estimate of drug-likeness (QED) is 0.842. The summed E-state index contributed by atoms with van der Waals surface area (Å²) in [5, 5.41) is 4.78. The molecule has 0 saturated carbocycles. The minimum Gasteiger partial charge on any atom is -0.324 e. The second kappa shape index (κ2) is 7.72. The van der Waals surface area contributed by atoms with Crippen molar-refractivity contribution in [1.82, 2.24) is 15.3 Å². The molecule has 0 radical (unpaired) electrons. The summed E-state index contributed by atoms with van der Waals surface area (Å²) in [4.78, 5) is 27.0. The van der Waals surface area contributed by atoms with Crippen molar-refractivity contribution in [1.29, 1.82) is 0 Å². The Morgan fingerprint density at radius 2 is 1.79 bits per heavy atom. The van der Waals surface area contributed by atoms with Gasteiger partial charge in [-0.05, 0) is 49.9 Å². The molecule has 2 unspecified atom stereocenters. The van der Waals surface area contributed by atoms with Crippen LogP contribution in [0, 0.1) is 20.8 Å². The number of fused-ring (bicyclic) bond motifs is 1. The summed E-state index contributed by atoms with van der Waals surface area (Å²) in [6.07, 6.45) is 4.18. The highest BCUT2D eigenvalue weighted by molar-refractivity contribution is 5.96. The summed E-state index contributed by atoms with van der Waals surface area (Å²) in [7, 11) is 0. The number of nitrogens with zero attached hydrogens (tertiary/aromatic N) is 2. The van der Waals surface area contributed by atoms with Gasteiger partial charge in [-0.25, -0.2) is 5.43 Å². The SMILES string of the molecule is Cc1ccc(C2CC3C(=O)N(CC(=O)Nc4cc(C)ccc4C)C=CN3N2)cc1. The van der Waals surface area contributed by atoms with Gasteiger partial charge in [-0.3, -0.25) is 9.59 Å². The van der Waals surface area contributed by atoms with Crippen LogP contribution in [0.25, 0.3) is 0 Å². The van der Waals surface area contributed by atoms with Crippen molar-refractivity contribution in [2.75, 3.05) is 11.9 Å². The van der Waals surface area contributed by atoms with E-state index in [1.165, 1.54) is 10.5 Å². The maximum atomic E-state index is 13.0. The van der Waals surface area contributed by atoms with Gasteiger partial charge >= 0.3 is 0 Å². The molecule has 2 aliphatic rings. The summed E-state index contributed by atoms with van der Waals surface area (Å²) in [5.41, 5.74) is 8.61. The zero-order valence-corrected chi connectivity index (χ0v) is 17.0. The minimum atomic E-state index is -0.306. The fourth-order valence-electron chi connectivity index (χ4n) is 3.80. The number of carbonyl (C=O) groups excluding carboxylic acids is 2. The van der Waals surface area contributed by atoms with E-state index in [1.807, 2.05) is 43.3 Å². The second-order valence-electron chi connectivity index (χ2n) is 7.88. The van der Waals surface area contributed by atoms with Crippen LogP contribution in [0.15, 0.2) is 54.9 Å². The van der Waals surface area contributed by atoms with Crippen molar-refractivity contribution in [2.45, 2.75) is 39.3 Å². The van der Waals surface area contributed by atoms with Gasteiger partial charge in [0.1, 0.15) is 12.6 Å². The highest BCUT2D eigenvalue weighted by atomic mass is 16.2. The van der Waals surface area contributed by atoms with Crippen LogP contribution in [0.2, 0.25) is 0 Å². The number of aryl methyl sites for hydroxylation is 3. The molecule has 0 aromatic heterocycles. The zero-order chi connectivity index (χ0) is 20.5. The number of carbonyl (C=O) groups is 2. The van der Waals surface area contributed by atoms with Gasteiger partial charge in [0.2, 0.25) is 5.91 Å². The van der Waals surface area contributed by atoms with Crippen LogP contribution in [0.1, 0.15) is 34.7 Å². The first-order valence-electron chi connectivity index (χ1n) is 9.88. The molecule has 2 aromatic rings. The topological polar surface area (TPSA) is 64.7 Å². The molecule has 4 rings (SSSR count). The number of hydrogen-bond donors (Lipinski definition) is 2. The smallest absolute Gasteiger partial charge is 0.251 e. The Labute approximate surface area is 171 Å². The molecular formula is C23H26N4O2. The van der Waals surface area contributed by atoms with E-state index < -0.39 is 0 Å². The summed E-state index contributed by atoms with van der Waals surface area (Å²) >= 11 is 0. The summed E-state index contributed by atoms with van der Waals surface area (Å²) in [6.45, 7) is 6.00. The van der Waals surface area contributed by atoms with Gasteiger partial charge in [0, 0.05) is 18.1 Å². The lowest BCUT2D eigenvalue weighted by Gasteiger charge is -2.31. The molecule has 0 aliphatic carbocycles. The van der Waals surface area contributed by atoms with Crippen LogP contribution in [-0.2, 0) is 9.59 Å². The molecule has 2 N–H and O–H groups in total. The van der Waals surface area contributed by atoms with Gasteiger partial charge in [-0.1, -0.05) is 42.0 Å². The van der Waals surface area contributed by atoms with Gasteiger partial charge in [0.15, 0.2) is 0 Å². The average Bonchev–Trinajstić information content (AvgIpc) is 3.13. The molecule has 2 amide bonds. The van der Waals surface area contributed by atoms with Crippen molar-refractivity contribution in [3.8, 4) is 0 Å². The van der Waals surface area contributed by atoms with Gasteiger partial charge < -0.3 is 15.2 Å². The molecular weight excluding hydrogens is 364 g/mol. The van der Waals surface area contributed by atoms with E-state index in [-0.39, 0.29) is 30.4 Å². The maximum absolute atomic E-state index is 13.0. The highest BCUT2D eigenvalue weighted by Crippen LogP contribution is 2.30. The van der Waals surface area contributed by atoms with Crippen LogP contribution < -0.4 is 10.7 Å². The first-order valence-corrected chi connectivity index (χ1v) is 9.88. The normalized spacial score (nSPS) is 20.7. The van der Waals surface area contributed by atoms with E-state index >= 15 is 0 Å². The lowest BCUT2D eigenvalue weighted by Crippen LogP contribution is -2.49. The van der Waals surface area contributed by atoms with E-state index in [2.05, 4.69) is 41.9 Å². The number of hydrogen-bond acceptors (Lipinski definition) is 4. The van der Waals surface area contributed by atoms with Gasteiger partial charge in [0.25, 0.3) is 5.91 Å². The molecule has 2 aliphatic heterocycles. The number of amides is 2. The van der Waals surface area contributed by atoms with Crippen LogP contribution >= 0.6 is 0 Å². The Morgan fingerprint density at radius 1 is 1.07 bits per heavy atom. The number of nitrogens with one attached hydrogen (secondary N) is 2. The van der Waals surface area contributed by atoms with Gasteiger partial charge in [0.05, 0.1) is 6.04 Å². The Bertz CT molecular complexity index is 967. The molecule has 29 heavy (non-hydrogen) atoms. The van der Waals surface area contributed by atoms with E-state index in [0.29, 0.717) is 6.42 Å². The van der Waals surface area contributed by atoms with Gasteiger partial charge in [-0.15, -0.1) is 0 Å². The van der Waals surface area contributed by atoms with Crippen LogP contribution in [0.5, 0.6) is 0 Å². The first-order chi connectivity index (χ1) is 13.9. The van der Waals surface area contributed by atoms with E-state index in [1.54, 1.807) is 6.20 Å². The predicted octanol–water partition coefficient (Wildman–Crippen LogP) is 3.18. The van der Waals surface area contributed by atoms with Crippen molar-refractivity contribution >= 4 is 17.5 Å². The Hall–Kier alpha value is -3.12. The summed E-state index contributed by atoms with van der Waals surface area (Å²) in [6, 6.07) is 14.0. The van der Waals surface area contributed by atoms with E-state index in [4.69, 9.17) is 0 Å². The molecule has 6 heteroatoms. The van der Waals surface area contributed by atoms with Crippen molar-refractivity contribution in [2.24, 2.45) is 0 Å². The van der Waals surface area contributed by atoms with Crippen molar-refractivity contribution in [3.63, 3.8) is 0 Å². The summed E-state index contributed by atoms with van der Waals surface area (Å²) < 4.78 is 0. The number of anilines is 1.